The third kappa shape index (κ3) is 2.91. The molecule has 3 aromatic rings. The van der Waals surface area contributed by atoms with Crippen LogP contribution in [0.4, 0.5) is 4.39 Å². The molecule has 0 saturated carbocycles. The van der Waals surface area contributed by atoms with Crippen LogP contribution in [0.1, 0.15) is 22.7 Å². The lowest BCUT2D eigenvalue weighted by atomic mass is 9.91. The number of fused-ring (bicyclic) bond motifs is 1. The zero-order valence-corrected chi connectivity index (χ0v) is 14.7. The monoisotopic (exact) mass is 368 g/mol. The summed E-state index contributed by atoms with van der Waals surface area (Å²) in [6.07, 6.45) is 3.99. The quantitative estimate of drug-likeness (QED) is 0.710. The maximum atomic E-state index is 13.3. The lowest BCUT2D eigenvalue weighted by Gasteiger charge is -2.36. The highest BCUT2D eigenvalue weighted by molar-refractivity contribution is 7.89. The van der Waals surface area contributed by atoms with E-state index in [-0.39, 0.29) is 4.90 Å². The van der Waals surface area contributed by atoms with E-state index in [4.69, 9.17) is 0 Å². The first-order valence-corrected chi connectivity index (χ1v) is 9.76. The first kappa shape index (κ1) is 16.9. The predicted octanol–water partition coefficient (Wildman–Crippen LogP) is 3.56. The van der Waals surface area contributed by atoms with E-state index in [1.54, 1.807) is 18.5 Å². The highest BCUT2D eigenvalue weighted by Crippen LogP contribution is 2.38. The molecule has 6 heteroatoms. The summed E-state index contributed by atoms with van der Waals surface area (Å²) in [5.41, 5.74) is 2.90. The number of nitrogens with zero attached hydrogens (tertiary/aromatic N) is 2. The molecule has 1 aliphatic rings. The summed E-state index contributed by atoms with van der Waals surface area (Å²) >= 11 is 0. The average molecular weight is 368 g/mol. The largest absolute Gasteiger partial charge is 0.264 e. The van der Waals surface area contributed by atoms with Crippen molar-refractivity contribution in [1.82, 2.24) is 9.29 Å². The molecular formula is C20H17FN2O2S. The van der Waals surface area contributed by atoms with Crippen LogP contribution in [0.3, 0.4) is 0 Å². The Labute approximate surface area is 152 Å². The summed E-state index contributed by atoms with van der Waals surface area (Å²) in [5, 5.41) is 0. The fraction of sp³-hybridized carbons (Fsp3) is 0.150. The van der Waals surface area contributed by atoms with E-state index in [1.165, 1.54) is 28.6 Å². The van der Waals surface area contributed by atoms with Gasteiger partial charge in [0.25, 0.3) is 0 Å². The molecule has 0 saturated heterocycles. The minimum atomic E-state index is -3.78. The van der Waals surface area contributed by atoms with Gasteiger partial charge in [0.1, 0.15) is 5.82 Å². The summed E-state index contributed by atoms with van der Waals surface area (Å²) in [5.74, 6) is -0.461. The van der Waals surface area contributed by atoms with Crippen LogP contribution in [-0.4, -0.2) is 24.3 Å². The van der Waals surface area contributed by atoms with E-state index < -0.39 is 21.9 Å². The second-order valence-corrected chi connectivity index (χ2v) is 8.10. The van der Waals surface area contributed by atoms with E-state index in [1.807, 2.05) is 30.3 Å². The van der Waals surface area contributed by atoms with Crippen molar-refractivity contribution in [3.8, 4) is 0 Å². The number of pyridine rings is 1. The van der Waals surface area contributed by atoms with Gasteiger partial charge in [-0.15, -0.1) is 0 Å². The molecule has 132 valence electrons. The van der Waals surface area contributed by atoms with Gasteiger partial charge in [0.2, 0.25) is 10.0 Å². The highest BCUT2D eigenvalue weighted by atomic mass is 32.2. The van der Waals surface area contributed by atoms with Crippen LogP contribution in [0.25, 0.3) is 0 Å². The molecule has 0 spiro atoms. The summed E-state index contributed by atoms with van der Waals surface area (Å²) in [4.78, 5) is 4.25. The van der Waals surface area contributed by atoms with Gasteiger partial charge in [0.15, 0.2) is 0 Å². The van der Waals surface area contributed by atoms with Gasteiger partial charge in [-0.25, -0.2) is 12.8 Å². The van der Waals surface area contributed by atoms with Crippen LogP contribution in [0, 0.1) is 5.82 Å². The van der Waals surface area contributed by atoms with Crippen LogP contribution in [0.5, 0.6) is 0 Å². The zero-order chi connectivity index (χ0) is 18.1. The second-order valence-electron chi connectivity index (χ2n) is 6.21. The van der Waals surface area contributed by atoms with Crippen molar-refractivity contribution in [2.75, 3.05) is 6.54 Å². The van der Waals surface area contributed by atoms with Crippen molar-refractivity contribution >= 4 is 10.0 Å². The first-order chi connectivity index (χ1) is 12.6. The molecule has 1 atom stereocenters. The van der Waals surface area contributed by atoms with Gasteiger partial charge in [0, 0.05) is 18.9 Å². The predicted molar refractivity (Wildman–Crippen MR) is 96.5 cm³/mol. The molecule has 1 aromatic heterocycles. The van der Waals surface area contributed by atoms with Crippen molar-refractivity contribution in [3.63, 3.8) is 0 Å². The second kappa shape index (κ2) is 6.63. The number of hydrogen-bond acceptors (Lipinski definition) is 3. The van der Waals surface area contributed by atoms with Gasteiger partial charge in [-0.2, -0.15) is 4.31 Å². The van der Waals surface area contributed by atoms with E-state index in [9.17, 15) is 12.8 Å². The molecule has 26 heavy (non-hydrogen) atoms. The van der Waals surface area contributed by atoms with Crippen LogP contribution < -0.4 is 0 Å². The smallest absolute Gasteiger partial charge is 0.243 e. The molecule has 2 heterocycles. The third-order valence-electron chi connectivity index (χ3n) is 4.66. The van der Waals surface area contributed by atoms with Gasteiger partial charge in [-0.3, -0.25) is 4.98 Å². The first-order valence-electron chi connectivity index (χ1n) is 8.32. The zero-order valence-electron chi connectivity index (χ0n) is 13.9. The van der Waals surface area contributed by atoms with Crippen molar-refractivity contribution in [1.29, 1.82) is 0 Å². The molecule has 4 nitrogen and oxygen atoms in total. The number of sulfonamides is 1. The summed E-state index contributed by atoms with van der Waals surface area (Å²) in [6, 6.07) is 16.1. The van der Waals surface area contributed by atoms with Crippen molar-refractivity contribution in [2.24, 2.45) is 0 Å². The SMILES string of the molecule is O=S(=O)(c1ccc(F)cc1)N1CCc2ccccc2C1c1cccnc1. The van der Waals surface area contributed by atoms with Crippen LogP contribution in [0.2, 0.25) is 0 Å². The molecule has 2 aromatic carbocycles. The Morgan fingerprint density at radius 2 is 1.77 bits per heavy atom. The molecule has 0 amide bonds. The Morgan fingerprint density at radius 1 is 1.00 bits per heavy atom. The number of halogens is 1. The highest BCUT2D eigenvalue weighted by Gasteiger charge is 2.37. The molecule has 0 bridgehead atoms. The van der Waals surface area contributed by atoms with Gasteiger partial charge in [0.05, 0.1) is 10.9 Å². The van der Waals surface area contributed by atoms with Gasteiger partial charge in [-0.05, 0) is 53.4 Å². The number of rotatable bonds is 3. The Balaban J connectivity index is 1.86. The lowest BCUT2D eigenvalue weighted by Crippen LogP contribution is -2.40. The van der Waals surface area contributed by atoms with Crippen LogP contribution in [-0.2, 0) is 16.4 Å². The minimum absolute atomic E-state index is 0.0900. The Morgan fingerprint density at radius 3 is 2.50 bits per heavy atom. The molecule has 0 N–H and O–H groups in total. The average Bonchev–Trinajstić information content (AvgIpc) is 2.68. The van der Waals surface area contributed by atoms with E-state index in [0.29, 0.717) is 13.0 Å². The molecule has 4 rings (SSSR count). The topological polar surface area (TPSA) is 50.3 Å². The van der Waals surface area contributed by atoms with Crippen LogP contribution in [0.15, 0.2) is 78.0 Å². The Bertz CT molecular complexity index is 1020. The lowest BCUT2D eigenvalue weighted by molar-refractivity contribution is 0.343. The molecular weight excluding hydrogens is 351 g/mol. The number of aromatic nitrogens is 1. The third-order valence-corrected chi connectivity index (χ3v) is 6.54. The summed E-state index contributed by atoms with van der Waals surface area (Å²) in [6.45, 7) is 0.357. The van der Waals surface area contributed by atoms with Crippen molar-refractivity contribution in [2.45, 2.75) is 17.4 Å². The molecule has 0 fully saturated rings. The minimum Gasteiger partial charge on any atom is -0.264 e. The number of benzene rings is 2. The molecule has 0 radical (unpaired) electrons. The van der Waals surface area contributed by atoms with E-state index in [2.05, 4.69) is 4.98 Å². The normalized spacial score (nSPS) is 17.7. The molecule has 0 aliphatic carbocycles. The molecule has 1 aliphatic heterocycles. The Kier molecular flexibility index (Phi) is 4.30. The summed E-state index contributed by atoms with van der Waals surface area (Å²) in [7, 11) is -3.78. The van der Waals surface area contributed by atoms with E-state index >= 15 is 0 Å². The number of hydrogen-bond donors (Lipinski definition) is 0. The Hall–Kier alpha value is -2.57. The van der Waals surface area contributed by atoms with Crippen LogP contribution >= 0.6 is 0 Å². The van der Waals surface area contributed by atoms with Gasteiger partial charge >= 0.3 is 0 Å². The summed E-state index contributed by atoms with van der Waals surface area (Å²) < 4.78 is 41.3. The maximum Gasteiger partial charge on any atom is 0.243 e. The fourth-order valence-electron chi connectivity index (χ4n) is 3.43. The van der Waals surface area contributed by atoms with Crippen molar-refractivity contribution in [3.05, 3.63) is 95.6 Å². The van der Waals surface area contributed by atoms with Gasteiger partial charge < -0.3 is 0 Å². The van der Waals surface area contributed by atoms with Crippen molar-refractivity contribution < 1.29 is 12.8 Å². The fourth-order valence-corrected chi connectivity index (χ4v) is 5.02. The standard InChI is InChI=1S/C20H17FN2O2S/c21-17-7-9-18(10-8-17)26(24,25)23-13-11-15-4-1-2-6-19(15)20(23)16-5-3-12-22-14-16/h1-10,12,14,20H,11,13H2. The van der Waals surface area contributed by atoms with E-state index in [0.717, 1.165) is 16.7 Å². The molecule has 1 unspecified atom stereocenters. The van der Waals surface area contributed by atoms with Gasteiger partial charge in [-0.1, -0.05) is 30.3 Å². The maximum absolute atomic E-state index is 13.3.